The van der Waals surface area contributed by atoms with Crippen LogP contribution in [0, 0.1) is 0 Å². The Kier molecular flexibility index (Phi) is 5.40. The summed E-state index contributed by atoms with van der Waals surface area (Å²) in [7, 11) is 0. The molecule has 3 rings (SSSR count). The van der Waals surface area contributed by atoms with Gasteiger partial charge in [0.1, 0.15) is 0 Å². The number of hydrogen-bond donors (Lipinski definition) is 1. The Morgan fingerprint density at radius 1 is 1.05 bits per heavy atom. The molecular formula is C16H27N5. The largest absolute Gasteiger partial charge is 0.338 e. The normalized spacial score (nSPS) is 21.0. The predicted octanol–water partition coefficient (Wildman–Crippen LogP) is 1.52. The van der Waals surface area contributed by atoms with Crippen molar-refractivity contribution in [3.05, 3.63) is 18.5 Å². The number of piperazine rings is 1. The van der Waals surface area contributed by atoms with Crippen LogP contribution in [0.4, 0.5) is 5.95 Å². The van der Waals surface area contributed by atoms with E-state index in [0.717, 1.165) is 38.2 Å². The molecule has 1 saturated carbocycles. The van der Waals surface area contributed by atoms with Gasteiger partial charge in [0.05, 0.1) is 0 Å². The monoisotopic (exact) mass is 289 g/mol. The minimum atomic E-state index is 0.803. The fraction of sp³-hybridized carbons (Fsp3) is 0.750. The average molecular weight is 289 g/mol. The Bertz CT molecular complexity index is 396. The van der Waals surface area contributed by atoms with Gasteiger partial charge < -0.3 is 10.2 Å². The molecule has 0 amide bonds. The van der Waals surface area contributed by atoms with Crippen LogP contribution in [0.25, 0.3) is 0 Å². The number of anilines is 1. The fourth-order valence-corrected chi connectivity index (χ4v) is 3.36. The van der Waals surface area contributed by atoms with E-state index in [1.807, 2.05) is 18.5 Å². The minimum Gasteiger partial charge on any atom is -0.338 e. The molecule has 0 atom stereocenters. The van der Waals surface area contributed by atoms with Crippen LogP contribution >= 0.6 is 0 Å². The quantitative estimate of drug-likeness (QED) is 0.805. The molecule has 2 heterocycles. The van der Waals surface area contributed by atoms with E-state index in [4.69, 9.17) is 0 Å². The van der Waals surface area contributed by atoms with Gasteiger partial charge in [0.25, 0.3) is 0 Å². The van der Waals surface area contributed by atoms with Crippen LogP contribution in [-0.2, 0) is 0 Å². The first-order valence-electron chi connectivity index (χ1n) is 8.39. The molecule has 0 radical (unpaired) electrons. The summed E-state index contributed by atoms with van der Waals surface area (Å²) in [6.45, 7) is 6.72. The van der Waals surface area contributed by atoms with Gasteiger partial charge in [-0.1, -0.05) is 12.8 Å². The maximum atomic E-state index is 4.33. The molecule has 1 N–H and O–H groups in total. The molecule has 2 fully saturated rings. The maximum Gasteiger partial charge on any atom is 0.225 e. The van der Waals surface area contributed by atoms with E-state index >= 15 is 0 Å². The topological polar surface area (TPSA) is 44.3 Å². The van der Waals surface area contributed by atoms with Gasteiger partial charge in [-0.2, -0.15) is 0 Å². The summed E-state index contributed by atoms with van der Waals surface area (Å²) >= 11 is 0. The van der Waals surface area contributed by atoms with Gasteiger partial charge >= 0.3 is 0 Å². The highest BCUT2D eigenvalue weighted by Crippen LogP contribution is 2.17. The highest BCUT2D eigenvalue weighted by atomic mass is 15.3. The molecule has 1 aromatic rings. The molecule has 5 nitrogen and oxygen atoms in total. The van der Waals surface area contributed by atoms with Crippen LogP contribution in [0.15, 0.2) is 18.5 Å². The van der Waals surface area contributed by atoms with Crippen LogP contribution in [0.5, 0.6) is 0 Å². The average Bonchev–Trinajstić information content (AvgIpc) is 3.06. The lowest BCUT2D eigenvalue weighted by Crippen LogP contribution is -2.47. The number of rotatable bonds is 6. The number of aromatic nitrogens is 2. The van der Waals surface area contributed by atoms with Gasteiger partial charge in [-0.25, -0.2) is 9.97 Å². The Balaban J connectivity index is 1.30. The fourth-order valence-electron chi connectivity index (χ4n) is 3.36. The van der Waals surface area contributed by atoms with E-state index in [1.165, 1.54) is 45.2 Å². The van der Waals surface area contributed by atoms with E-state index in [0.29, 0.717) is 0 Å². The Hall–Kier alpha value is -1.20. The standard InChI is InChI=1S/C16H27N5/c1-2-6-15(5-1)17-9-4-10-20-11-13-21(14-12-20)16-18-7-3-8-19-16/h3,7-8,15,17H,1-2,4-6,9-14H2. The van der Waals surface area contributed by atoms with E-state index < -0.39 is 0 Å². The first kappa shape index (κ1) is 14.7. The third kappa shape index (κ3) is 4.38. The molecule has 5 heteroatoms. The predicted molar refractivity (Wildman–Crippen MR) is 85.6 cm³/mol. The zero-order valence-corrected chi connectivity index (χ0v) is 12.9. The minimum absolute atomic E-state index is 0.803. The van der Waals surface area contributed by atoms with Crippen molar-refractivity contribution in [2.75, 3.05) is 44.2 Å². The molecule has 2 aliphatic rings. The summed E-state index contributed by atoms with van der Waals surface area (Å²) in [5.41, 5.74) is 0. The molecule has 21 heavy (non-hydrogen) atoms. The van der Waals surface area contributed by atoms with Crippen molar-refractivity contribution in [3.8, 4) is 0 Å². The lowest BCUT2D eigenvalue weighted by molar-refractivity contribution is 0.251. The highest BCUT2D eigenvalue weighted by Gasteiger charge is 2.18. The van der Waals surface area contributed by atoms with Crippen molar-refractivity contribution >= 4 is 5.95 Å². The van der Waals surface area contributed by atoms with Crippen molar-refractivity contribution in [3.63, 3.8) is 0 Å². The summed E-state index contributed by atoms with van der Waals surface area (Å²) < 4.78 is 0. The summed E-state index contributed by atoms with van der Waals surface area (Å²) in [6, 6.07) is 2.67. The molecule has 0 spiro atoms. The van der Waals surface area contributed by atoms with Crippen molar-refractivity contribution in [1.29, 1.82) is 0 Å². The highest BCUT2D eigenvalue weighted by molar-refractivity contribution is 5.29. The Labute approximate surface area is 127 Å². The zero-order chi connectivity index (χ0) is 14.3. The molecule has 1 aliphatic heterocycles. The lowest BCUT2D eigenvalue weighted by Gasteiger charge is -2.34. The Morgan fingerprint density at radius 3 is 2.48 bits per heavy atom. The number of nitrogens with one attached hydrogen (secondary N) is 1. The van der Waals surface area contributed by atoms with Crippen molar-refractivity contribution in [1.82, 2.24) is 20.2 Å². The number of hydrogen-bond acceptors (Lipinski definition) is 5. The van der Waals surface area contributed by atoms with Gasteiger partial charge in [0, 0.05) is 44.6 Å². The van der Waals surface area contributed by atoms with Gasteiger partial charge in [0.15, 0.2) is 0 Å². The molecule has 1 saturated heterocycles. The summed E-state index contributed by atoms with van der Waals surface area (Å²) in [4.78, 5) is 13.5. The van der Waals surface area contributed by atoms with Crippen molar-refractivity contribution in [2.24, 2.45) is 0 Å². The number of nitrogens with zero attached hydrogens (tertiary/aromatic N) is 4. The molecule has 1 aliphatic carbocycles. The van der Waals surface area contributed by atoms with Crippen LogP contribution in [0.1, 0.15) is 32.1 Å². The first-order chi connectivity index (χ1) is 10.4. The molecular weight excluding hydrogens is 262 g/mol. The van der Waals surface area contributed by atoms with Crippen LogP contribution in [-0.4, -0.2) is 60.2 Å². The molecule has 116 valence electrons. The summed E-state index contributed by atoms with van der Waals surface area (Å²) in [6.07, 6.45) is 10.5. The third-order valence-corrected chi connectivity index (χ3v) is 4.65. The van der Waals surface area contributed by atoms with E-state index in [2.05, 4.69) is 25.1 Å². The van der Waals surface area contributed by atoms with E-state index in [-0.39, 0.29) is 0 Å². The van der Waals surface area contributed by atoms with Crippen molar-refractivity contribution < 1.29 is 0 Å². The zero-order valence-electron chi connectivity index (χ0n) is 12.9. The van der Waals surface area contributed by atoms with Crippen LogP contribution < -0.4 is 10.2 Å². The second-order valence-electron chi connectivity index (χ2n) is 6.17. The third-order valence-electron chi connectivity index (χ3n) is 4.65. The molecule has 1 aromatic heterocycles. The SMILES string of the molecule is c1cnc(N2CCN(CCCNC3CCCC3)CC2)nc1. The van der Waals surface area contributed by atoms with Gasteiger partial charge in [0.2, 0.25) is 5.95 Å². The van der Waals surface area contributed by atoms with Gasteiger partial charge in [-0.15, -0.1) is 0 Å². The van der Waals surface area contributed by atoms with Gasteiger partial charge in [-0.3, -0.25) is 4.90 Å². The first-order valence-corrected chi connectivity index (χ1v) is 8.39. The molecule has 0 unspecified atom stereocenters. The summed E-state index contributed by atoms with van der Waals surface area (Å²) in [5.74, 6) is 0.875. The lowest BCUT2D eigenvalue weighted by atomic mass is 10.2. The molecule has 0 aromatic carbocycles. The van der Waals surface area contributed by atoms with Crippen LogP contribution in [0.2, 0.25) is 0 Å². The second kappa shape index (κ2) is 7.71. The van der Waals surface area contributed by atoms with E-state index in [9.17, 15) is 0 Å². The smallest absolute Gasteiger partial charge is 0.225 e. The molecule has 0 bridgehead atoms. The summed E-state index contributed by atoms with van der Waals surface area (Å²) in [5, 5.41) is 3.70. The second-order valence-corrected chi connectivity index (χ2v) is 6.17. The van der Waals surface area contributed by atoms with Gasteiger partial charge in [-0.05, 0) is 38.4 Å². The van der Waals surface area contributed by atoms with Crippen molar-refractivity contribution in [2.45, 2.75) is 38.1 Å². The Morgan fingerprint density at radius 2 is 1.76 bits per heavy atom. The van der Waals surface area contributed by atoms with E-state index in [1.54, 1.807) is 0 Å². The maximum absolute atomic E-state index is 4.33. The van der Waals surface area contributed by atoms with Crippen LogP contribution in [0.3, 0.4) is 0 Å².